The van der Waals surface area contributed by atoms with Crippen molar-refractivity contribution in [3.63, 3.8) is 0 Å². The third kappa shape index (κ3) is 5.34. The van der Waals surface area contributed by atoms with Crippen LogP contribution >= 0.6 is 0 Å². The Morgan fingerprint density at radius 2 is 2.06 bits per heavy atom. The summed E-state index contributed by atoms with van der Waals surface area (Å²) in [7, 11) is 0. The highest BCUT2D eigenvalue weighted by molar-refractivity contribution is 5.91. The van der Waals surface area contributed by atoms with Crippen LogP contribution in [0.5, 0.6) is 0 Å². The Labute approximate surface area is 106 Å². The lowest BCUT2D eigenvalue weighted by Crippen LogP contribution is -2.35. The summed E-state index contributed by atoms with van der Waals surface area (Å²) in [4.78, 5) is 22.6. The van der Waals surface area contributed by atoms with Gasteiger partial charge < -0.3 is 15.1 Å². The molecule has 0 aromatic carbocycles. The van der Waals surface area contributed by atoms with Crippen LogP contribution in [-0.4, -0.2) is 24.9 Å². The van der Waals surface area contributed by atoms with E-state index >= 15 is 0 Å². The van der Waals surface area contributed by atoms with Crippen LogP contribution in [0.3, 0.4) is 0 Å². The largest absolute Gasteiger partial charge is 0.465 e. The van der Waals surface area contributed by atoms with E-state index in [1.54, 1.807) is 24.5 Å². The SMILES string of the molecule is CC(C)C(=O)NCCNC(=O)/C=C/c1ccco1. The number of hydrogen-bond acceptors (Lipinski definition) is 3. The summed E-state index contributed by atoms with van der Waals surface area (Å²) in [5, 5.41) is 5.37. The normalized spacial score (nSPS) is 10.8. The maximum atomic E-state index is 11.4. The second-order valence-electron chi connectivity index (χ2n) is 4.09. The molecule has 1 heterocycles. The van der Waals surface area contributed by atoms with Gasteiger partial charge in [-0.2, -0.15) is 0 Å². The third-order valence-corrected chi connectivity index (χ3v) is 2.19. The van der Waals surface area contributed by atoms with Crippen molar-refractivity contribution in [2.75, 3.05) is 13.1 Å². The number of furan rings is 1. The van der Waals surface area contributed by atoms with Crippen molar-refractivity contribution in [3.05, 3.63) is 30.2 Å². The van der Waals surface area contributed by atoms with Gasteiger partial charge >= 0.3 is 0 Å². The average molecular weight is 250 g/mol. The molecule has 0 saturated heterocycles. The van der Waals surface area contributed by atoms with E-state index in [4.69, 9.17) is 4.42 Å². The lowest BCUT2D eigenvalue weighted by Gasteiger charge is -2.07. The number of amides is 2. The fourth-order valence-corrected chi connectivity index (χ4v) is 1.18. The van der Waals surface area contributed by atoms with Gasteiger partial charge in [0.05, 0.1) is 6.26 Å². The van der Waals surface area contributed by atoms with Crippen LogP contribution in [-0.2, 0) is 9.59 Å². The summed E-state index contributed by atoms with van der Waals surface area (Å²) in [5.74, 6) is 0.346. The molecule has 1 aromatic rings. The highest BCUT2D eigenvalue weighted by Gasteiger charge is 2.04. The van der Waals surface area contributed by atoms with Gasteiger partial charge in [0.1, 0.15) is 5.76 Å². The lowest BCUT2D eigenvalue weighted by atomic mass is 10.2. The van der Waals surface area contributed by atoms with Crippen molar-refractivity contribution in [1.82, 2.24) is 10.6 Å². The van der Waals surface area contributed by atoms with E-state index < -0.39 is 0 Å². The first-order valence-electron chi connectivity index (χ1n) is 5.86. The van der Waals surface area contributed by atoms with Crippen LogP contribution in [0.2, 0.25) is 0 Å². The highest BCUT2D eigenvalue weighted by atomic mass is 16.3. The quantitative estimate of drug-likeness (QED) is 0.588. The second-order valence-corrected chi connectivity index (χ2v) is 4.09. The molecule has 98 valence electrons. The molecule has 0 radical (unpaired) electrons. The molecular formula is C13H18N2O3. The van der Waals surface area contributed by atoms with Gasteiger partial charge in [-0.15, -0.1) is 0 Å². The van der Waals surface area contributed by atoms with E-state index in [9.17, 15) is 9.59 Å². The Bertz CT molecular complexity index is 408. The molecule has 0 unspecified atom stereocenters. The maximum Gasteiger partial charge on any atom is 0.244 e. The Kier molecular flexibility index (Phi) is 5.70. The summed E-state index contributed by atoms with van der Waals surface area (Å²) in [5.41, 5.74) is 0. The molecule has 1 aromatic heterocycles. The Hall–Kier alpha value is -2.04. The van der Waals surface area contributed by atoms with Gasteiger partial charge in [-0.1, -0.05) is 13.8 Å². The molecule has 0 spiro atoms. The summed E-state index contributed by atoms with van der Waals surface area (Å²) < 4.78 is 5.04. The monoisotopic (exact) mass is 250 g/mol. The molecule has 0 aliphatic heterocycles. The Balaban J connectivity index is 2.16. The highest BCUT2D eigenvalue weighted by Crippen LogP contribution is 2.01. The number of hydrogen-bond donors (Lipinski definition) is 2. The van der Waals surface area contributed by atoms with Crippen LogP contribution in [0.1, 0.15) is 19.6 Å². The van der Waals surface area contributed by atoms with Crippen LogP contribution < -0.4 is 10.6 Å². The molecule has 5 heteroatoms. The maximum absolute atomic E-state index is 11.4. The molecule has 2 amide bonds. The van der Waals surface area contributed by atoms with Gasteiger partial charge in [0.25, 0.3) is 0 Å². The summed E-state index contributed by atoms with van der Waals surface area (Å²) in [6, 6.07) is 3.51. The average Bonchev–Trinajstić information content (AvgIpc) is 2.84. The number of carbonyl (C=O) groups is 2. The fraction of sp³-hybridized carbons (Fsp3) is 0.385. The van der Waals surface area contributed by atoms with E-state index in [0.29, 0.717) is 18.8 Å². The summed E-state index contributed by atoms with van der Waals surface area (Å²) in [6.45, 7) is 4.47. The van der Waals surface area contributed by atoms with Gasteiger partial charge in [-0.25, -0.2) is 0 Å². The molecule has 1 rings (SSSR count). The van der Waals surface area contributed by atoms with E-state index in [-0.39, 0.29) is 17.7 Å². The summed E-state index contributed by atoms with van der Waals surface area (Å²) in [6.07, 6.45) is 4.52. The molecule has 0 aliphatic rings. The first-order valence-corrected chi connectivity index (χ1v) is 5.86. The molecule has 0 saturated carbocycles. The first-order chi connectivity index (χ1) is 8.59. The van der Waals surface area contributed by atoms with Crippen LogP contribution in [0.25, 0.3) is 6.08 Å². The van der Waals surface area contributed by atoms with Crippen molar-refractivity contribution >= 4 is 17.9 Å². The smallest absolute Gasteiger partial charge is 0.244 e. The van der Waals surface area contributed by atoms with E-state index in [1.165, 1.54) is 6.08 Å². The van der Waals surface area contributed by atoms with E-state index in [0.717, 1.165) is 0 Å². The lowest BCUT2D eigenvalue weighted by molar-refractivity contribution is -0.124. The van der Waals surface area contributed by atoms with E-state index in [1.807, 2.05) is 13.8 Å². The second kappa shape index (κ2) is 7.32. The summed E-state index contributed by atoms with van der Waals surface area (Å²) >= 11 is 0. The van der Waals surface area contributed by atoms with Gasteiger partial charge in [0.2, 0.25) is 11.8 Å². The molecule has 0 bridgehead atoms. The molecule has 18 heavy (non-hydrogen) atoms. The minimum absolute atomic E-state index is 0.0182. The van der Waals surface area contributed by atoms with Crippen LogP contribution in [0.4, 0.5) is 0 Å². The van der Waals surface area contributed by atoms with Gasteiger partial charge in [-0.05, 0) is 18.2 Å². The fourth-order valence-electron chi connectivity index (χ4n) is 1.18. The van der Waals surface area contributed by atoms with Gasteiger partial charge in [0, 0.05) is 25.1 Å². The molecule has 0 aliphatic carbocycles. The van der Waals surface area contributed by atoms with Crippen molar-refractivity contribution < 1.29 is 14.0 Å². The van der Waals surface area contributed by atoms with Crippen molar-refractivity contribution in [3.8, 4) is 0 Å². The zero-order valence-corrected chi connectivity index (χ0v) is 10.6. The van der Waals surface area contributed by atoms with Crippen LogP contribution in [0.15, 0.2) is 28.9 Å². The van der Waals surface area contributed by atoms with Crippen molar-refractivity contribution in [2.24, 2.45) is 5.92 Å². The zero-order valence-electron chi connectivity index (χ0n) is 10.6. The molecule has 0 fully saturated rings. The van der Waals surface area contributed by atoms with Gasteiger partial charge in [0.15, 0.2) is 0 Å². The van der Waals surface area contributed by atoms with Crippen LogP contribution in [0, 0.1) is 5.92 Å². The number of rotatable bonds is 6. The third-order valence-electron chi connectivity index (χ3n) is 2.19. The Morgan fingerprint density at radius 1 is 1.33 bits per heavy atom. The molecule has 5 nitrogen and oxygen atoms in total. The van der Waals surface area contributed by atoms with Crippen molar-refractivity contribution in [1.29, 1.82) is 0 Å². The zero-order chi connectivity index (χ0) is 13.4. The number of nitrogens with one attached hydrogen (secondary N) is 2. The minimum atomic E-state index is -0.217. The van der Waals surface area contributed by atoms with E-state index in [2.05, 4.69) is 10.6 Å². The molecule has 0 atom stereocenters. The first kappa shape index (κ1) is 14.0. The van der Waals surface area contributed by atoms with Gasteiger partial charge in [-0.3, -0.25) is 9.59 Å². The number of carbonyl (C=O) groups excluding carboxylic acids is 2. The Morgan fingerprint density at radius 3 is 2.67 bits per heavy atom. The van der Waals surface area contributed by atoms with Crippen molar-refractivity contribution in [2.45, 2.75) is 13.8 Å². The predicted molar refractivity (Wildman–Crippen MR) is 68.6 cm³/mol. The predicted octanol–water partition coefficient (Wildman–Crippen LogP) is 1.18. The topological polar surface area (TPSA) is 71.3 Å². The molecule has 2 N–H and O–H groups in total. The standard InChI is InChI=1S/C13H18N2O3/c1-10(2)13(17)15-8-7-14-12(16)6-5-11-4-3-9-18-11/h3-6,9-10H,7-8H2,1-2H3,(H,14,16)(H,15,17)/b6-5+. The minimum Gasteiger partial charge on any atom is -0.465 e. The molecular weight excluding hydrogens is 232 g/mol.